The molecule has 2 aromatic carbocycles. The third-order valence-corrected chi connectivity index (χ3v) is 6.74. The lowest BCUT2D eigenvalue weighted by molar-refractivity contribution is -0.131. The van der Waals surface area contributed by atoms with Crippen molar-refractivity contribution in [2.45, 2.75) is 44.4 Å². The van der Waals surface area contributed by atoms with Crippen molar-refractivity contribution in [3.05, 3.63) is 94.6 Å². The first kappa shape index (κ1) is 21.6. The summed E-state index contributed by atoms with van der Waals surface area (Å²) in [5.41, 5.74) is 5.40. The van der Waals surface area contributed by atoms with E-state index in [4.69, 9.17) is 9.72 Å². The van der Waals surface area contributed by atoms with Crippen molar-refractivity contribution in [2.24, 2.45) is 0 Å². The van der Waals surface area contributed by atoms with Gasteiger partial charge in [-0.2, -0.15) is 0 Å². The fourth-order valence-corrected chi connectivity index (χ4v) is 4.90. The minimum absolute atomic E-state index is 0.198. The molecule has 3 aromatic rings. The Morgan fingerprint density at radius 1 is 1.03 bits per heavy atom. The molecule has 0 unspecified atom stereocenters. The summed E-state index contributed by atoms with van der Waals surface area (Å²) in [6, 6.07) is 17.0. The van der Waals surface area contributed by atoms with Crippen LogP contribution in [0.25, 0.3) is 0 Å². The monoisotopic (exact) mass is 444 g/mol. The Hall–Kier alpha value is -3.21. The molecule has 3 heterocycles. The van der Waals surface area contributed by atoms with Gasteiger partial charge in [-0.1, -0.05) is 30.3 Å². The van der Waals surface area contributed by atoms with E-state index in [9.17, 15) is 9.18 Å². The molecule has 33 heavy (non-hydrogen) atoms. The van der Waals surface area contributed by atoms with Gasteiger partial charge in [-0.3, -0.25) is 9.78 Å². The minimum Gasteiger partial charge on any atom is -0.493 e. The number of amides is 1. The van der Waals surface area contributed by atoms with E-state index in [1.54, 1.807) is 12.1 Å². The number of fused-ring (bicyclic) bond motifs is 1. The fourth-order valence-electron chi connectivity index (χ4n) is 4.90. The number of aryl methyl sites for hydroxylation is 1. The number of halogens is 1. The molecule has 1 fully saturated rings. The van der Waals surface area contributed by atoms with Crippen molar-refractivity contribution < 1.29 is 13.9 Å². The Kier molecular flexibility index (Phi) is 6.38. The van der Waals surface area contributed by atoms with E-state index in [-0.39, 0.29) is 11.7 Å². The van der Waals surface area contributed by atoms with E-state index in [2.05, 4.69) is 18.2 Å². The molecule has 4 nitrogen and oxygen atoms in total. The second-order valence-electron chi connectivity index (χ2n) is 9.12. The number of likely N-dealkylation sites (tertiary alicyclic amines) is 1. The maximum Gasteiger partial charge on any atom is 0.226 e. The first-order chi connectivity index (χ1) is 16.1. The van der Waals surface area contributed by atoms with Crippen LogP contribution < -0.4 is 4.74 Å². The molecule has 0 radical (unpaired) electrons. The largest absolute Gasteiger partial charge is 0.493 e. The van der Waals surface area contributed by atoms with Crippen molar-refractivity contribution in [2.75, 3.05) is 19.7 Å². The Morgan fingerprint density at radius 3 is 2.67 bits per heavy atom. The van der Waals surface area contributed by atoms with Gasteiger partial charge in [0, 0.05) is 30.9 Å². The third-order valence-electron chi connectivity index (χ3n) is 6.74. The summed E-state index contributed by atoms with van der Waals surface area (Å²) >= 11 is 0. The number of carbonyl (C=O) groups excluding carboxylic acids is 1. The Balaban J connectivity index is 1.14. The van der Waals surface area contributed by atoms with E-state index < -0.39 is 0 Å². The van der Waals surface area contributed by atoms with Crippen LogP contribution in [0.2, 0.25) is 0 Å². The average molecular weight is 445 g/mol. The number of pyridine rings is 1. The molecule has 0 aliphatic carbocycles. The lowest BCUT2D eigenvalue weighted by Gasteiger charge is -2.32. The summed E-state index contributed by atoms with van der Waals surface area (Å²) in [6.45, 7) is 2.32. The van der Waals surface area contributed by atoms with Gasteiger partial charge in [0.15, 0.2) is 0 Å². The number of nitrogens with zero attached hydrogens (tertiary/aromatic N) is 2. The minimum atomic E-state index is -0.209. The number of rotatable bonds is 5. The number of hydrogen-bond donors (Lipinski definition) is 0. The van der Waals surface area contributed by atoms with Gasteiger partial charge in [-0.05, 0) is 78.6 Å². The number of piperidine rings is 1. The van der Waals surface area contributed by atoms with Crippen LogP contribution in [0.5, 0.6) is 5.75 Å². The zero-order valence-corrected chi connectivity index (χ0v) is 18.8. The van der Waals surface area contributed by atoms with Crippen molar-refractivity contribution in [1.82, 2.24) is 9.88 Å². The number of carbonyl (C=O) groups is 1. The van der Waals surface area contributed by atoms with Crippen LogP contribution in [0.15, 0.2) is 60.8 Å². The average Bonchev–Trinajstić information content (AvgIpc) is 2.85. The predicted molar refractivity (Wildman–Crippen MR) is 126 cm³/mol. The van der Waals surface area contributed by atoms with Gasteiger partial charge in [-0.25, -0.2) is 4.39 Å². The molecule has 5 heteroatoms. The van der Waals surface area contributed by atoms with E-state index in [0.717, 1.165) is 73.5 Å². The smallest absolute Gasteiger partial charge is 0.226 e. The summed E-state index contributed by atoms with van der Waals surface area (Å²) in [7, 11) is 0. The van der Waals surface area contributed by atoms with Gasteiger partial charge >= 0.3 is 0 Å². The van der Waals surface area contributed by atoms with Gasteiger partial charge in [-0.15, -0.1) is 0 Å². The van der Waals surface area contributed by atoms with Crippen molar-refractivity contribution >= 4 is 5.91 Å². The van der Waals surface area contributed by atoms with Crippen LogP contribution in [-0.4, -0.2) is 35.5 Å². The van der Waals surface area contributed by atoms with Gasteiger partial charge in [0.05, 0.1) is 13.0 Å². The highest BCUT2D eigenvalue weighted by molar-refractivity contribution is 5.79. The fraction of sp³-hybridized carbons (Fsp3) is 0.357. The molecule has 0 saturated carbocycles. The molecule has 0 N–H and O–H groups in total. The number of ether oxygens (including phenoxy) is 1. The first-order valence-electron chi connectivity index (χ1n) is 11.9. The Bertz CT molecular complexity index is 1120. The van der Waals surface area contributed by atoms with Crippen molar-refractivity contribution in [3.63, 3.8) is 0 Å². The molecule has 1 aromatic heterocycles. The van der Waals surface area contributed by atoms with Crippen LogP contribution in [0, 0.1) is 5.82 Å². The van der Waals surface area contributed by atoms with Gasteiger partial charge in [0.25, 0.3) is 0 Å². The highest BCUT2D eigenvalue weighted by Crippen LogP contribution is 2.29. The normalized spacial score (nSPS) is 16.2. The SMILES string of the molecule is O=C(Cc1ccc2c(c1)CCCO2)N1CCC(c2ccc(Cc3cccc(F)c3)cn2)CC1. The Morgan fingerprint density at radius 2 is 1.88 bits per heavy atom. The van der Waals surface area contributed by atoms with Crippen LogP contribution >= 0.6 is 0 Å². The molecule has 0 atom stereocenters. The molecule has 5 rings (SSSR count). The molecule has 0 bridgehead atoms. The Labute approximate surface area is 194 Å². The number of hydrogen-bond acceptors (Lipinski definition) is 3. The van der Waals surface area contributed by atoms with Crippen molar-refractivity contribution in [3.8, 4) is 5.75 Å². The highest BCUT2D eigenvalue weighted by Gasteiger charge is 2.25. The third kappa shape index (κ3) is 5.24. The summed E-state index contributed by atoms with van der Waals surface area (Å²) < 4.78 is 19.1. The summed E-state index contributed by atoms with van der Waals surface area (Å²) in [5, 5.41) is 0. The van der Waals surface area contributed by atoms with Gasteiger partial charge < -0.3 is 9.64 Å². The molecule has 2 aliphatic heterocycles. The maximum absolute atomic E-state index is 13.4. The van der Waals surface area contributed by atoms with E-state index >= 15 is 0 Å². The van der Waals surface area contributed by atoms with Crippen LogP contribution in [0.3, 0.4) is 0 Å². The lowest BCUT2D eigenvalue weighted by atomic mass is 9.92. The standard InChI is InChI=1S/C28H29FN2O2/c29-25-5-1-3-20(17-25)15-22-6-8-26(30-19-22)23-10-12-31(13-11-23)28(32)18-21-7-9-27-24(16-21)4-2-14-33-27/h1,3,5-9,16-17,19,23H,2,4,10-15,18H2. The van der Waals surface area contributed by atoms with Crippen molar-refractivity contribution in [1.29, 1.82) is 0 Å². The number of aromatic nitrogens is 1. The lowest BCUT2D eigenvalue weighted by Crippen LogP contribution is -2.38. The summed E-state index contributed by atoms with van der Waals surface area (Å²) in [4.78, 5) is 19.6. The van der Waals surface area contributed by atoms with Crippen LogP contribution in [0.4, 0.5) is 4.39 Å². The van der Waals surface area contributed by atoms with Gasteiger partial charge in [0.2, 0.25) is 5.91 Å². The van der Waals surface area contributed by atoms with E-state index in [1.165, 1.54) is 11.6 Å². The summed E-state index contributed by atoms with van der Waals surface area (Å²) in [6.07, 6.45) is 6.95. The highest BCUT2D eigenvalue weighted by atomic mass is 19.1. The predicted octanol–water partition coefficient (Wildman–Crippen LogP) is 5.09. The van der Waals surface area contributed by atoms with Crippen LogP contribution in [-0.2, 0) is 24.1 Å². The number of benzene rings is 2. The molecule has 170 valence electrons. The summed E-state index contributed by atoms with van der Waals surface area (Å²) in [5.74, 6) is 1.33. The molecule has 0 spiro atoms. The quantitative estimate of drug-likeness (QED) is 0.551. The first-order valence-corrected chi connectivity index (χ1v) is 11.9. The molecular weight excluding hydrogens is 415 g/mol. The topological polar surface area (TPSA) is 42.4 Å². The van der Waals surface area contributed by atoms with E-state index in [0.29, 0.717) is 18.8 Å². The molecule has 2 aliphatic rings. The second kappa shape index (κ2) is 9.74. The van der Waals surface area contributed by atoms with E-state index in [1.807, 2.05) is 29.3 Å². The van der Waals surface area contributed by atoms with Gasteiger partial charge in [0.1, 0.15) is 11.6 Å². The zero-order chi connectivity index (χ0) is 22.6. The second-order valence-corrected chi connectivity index (χ2v) is 9.12. The molecule has 1 saturated heterocycles. The molecule has 1 amide bonds. The van der Waals surface area contributed by atoms with Crippen LogP contribution in [0.1, 0.15) is 53.1 Å². The molecular formula is C28H29FN2O2. The maximum atomic E-state index is 13.4. The zero-order valence-electron chi connectivity index (χ0n) is 18.8.